The Morgan fingerprint density at radius 3 is 2.10 bits per heavy atom. The molecule has 0 bridgehead atoms. The lowest BCUT2D eigenvalue weighted by molar-refractivity contribution is -0.151. The van der Waals surface area contributed by atoms with Crippen LogP contribution in [0.5, 0.6) is 0 Å². The molecule has 170 valence electrons. The molecule has 3 heterocycles. The monoisotopic (exact) mass is 420 g/mol. The Kier molecular flexibility index (Phi) is 7.32. The molecule has 4 fully saturated rings. The van der Waals surface area contributed by atoms with Gasteiger partial charge in [0.1, 0.15) is 0 Å². The lowest BCUT2D eigenvalue weighted by atomic mass is 9.90. The van der Waals surface area contributed by atoms with E-state index in [1.54, 1.807) is 0 Å². The number of morpholine rings is 1. The number of ether oxygens (including phenoxy) is 1. The van der Waals surface area contributed by atoms with E-state index < -0.39 is 0 Å². The Bertz CT molecular complexity index is 595. The minimum Gasteiger partial charge on any atom is -0.374 e. The minimum atomic E-state index is 0.250. The molecule has 4 aliphatic rings. The number of piperazine rings is 1. The molecule has 0 spiro atoms. The Hall–Kier alpha value is -1.18. The molecule has 3 saturated heterocycles. The van der Waals surface area contributed by atoms with Crippen molar-refractivity contribution in [2.24, 2.45) is 11.8 Å². The molecule has 3 aliphatic heterocycles. The van der Waals surface area contributed by atoms with E-state index in [0.717, 1.165) is 58.7 Å². The lowest BCUT2D eigenvalue weighted by Gasteiger charge is -2.44. The Morgan fingerprint density at radius 2 is 1.43 bits per heavy atom. The molecule has 0 radical (unpaired) electrons. The molecule has 7 heteroatoms. The molecule has 4 rings (SSSR count). The van der Waals surface area contributed by atoms with Crippen molar-refractivity contribution in [3.63, 3.8) is 0 Å². The van der Waals surface area contributed by atoms with E-state index in [1.165, 1.54) is 19.3 Å². The number of carbonyl (C=O) groups excluding carboxylic acids is 2. The van der Waals surface area contributed by atoms with Crippen molar-refractivity contribution < 1.29 is 14.3 Å². The van der Waals surface area contributed by atoms with Gasteiger partial charge in [-0.3, -0.25) is 19.4 Å². The van der Waals surface area contributed by atoms with Gasteiger partial charge in [-0.25, -0.2) is 0 Å². The van der Waals surface area contributed by atoms with Crippen molar-refractivity contribution in [1.82, 2.24) is 19.6 Å². The van der Waals surface area contributed by atoms with Crippen molar-refractivity contribution >= 4 is 11.8 Å². The van der Waals surface area contributed by atoms with Crippen molar-refractivity contribution in [2.45, 2.75) is 58.1 Å². The van der Waals surface area contributed by atoms with E-state index >= 15 is 0 Å². The van der Waals surface area contributed by atoms with E-state index in [0.29, 0.717) is 31.5 Å². The van der Waals surface area contributed by atoms with E-state index in [2.05, 4.69) is 33.4 Å². The maximum absolute atomic E-state index is 13.0. The van der Waals surface area contributed by atoms with Gasteiger partial charge in [-0.15, -0.1) is 0 Å². The number of amides is 2. The molecule has 0 N–H and O–H groups in total. The fraction of sp³-hybridized carbons (Fsp3) is 0.913. The summed E-state index contributed by atoms with van der Waals surface area (Å²) in [4.78, 5) is 34.4. The zero-order valence-electron chi connectivity index (χ0n) is 18.9. The zero-order valence-corrected chi connectivity index (χ0v) is 18.9. The summed E-state index contributed by atoms with van der Waals surface area (Å²) in [5.41, 5.74) is 0. The summed E-state index contributed by atoms with van der Waals surface area (Å²) in [6.45, 7) is 12.2. The fourth-order valence-corrected chi connectivity index (χ4v) is 5.95. The van der Waals surface area contributed by atoms with Gasteiger partial charge < -0.3 is 14.5 Å². The summed E-state index contributed by atoms with van der Waals surface area (Å²) in [6, 6.07) is 0.285. The van der Waals surface area contributed by atoms with Crippen LogP contribution in [0, 0.1) is 11.8 Å². The lowest BCUT2D eigenvalue weighted by Crippen LogP contribution is -2.58. The molecule has 0 aromatic carbocycles. The van der Waals surface area contributed by atoms with Gasteiger partial charge in [0, 0.05) is 45.8 Å². The molecular weight excluding hydrogens is 380 g/mol. The topological polar surface area (TPSA) is 56.3 Å². The molecule has 0 aromatic heterocycles. The molecule has 0 aromatic rings. The maximum atomic E-state index is 13.0. The summed E-state index contributed by atoms with van der Waals surface area (Å²) in [7, 11) is 0. The quantitative estimate of drug-likeness (QED) is 0.686. The third-order valence-corrected chi connectivity index (χ3v) is 7.46. The van der Waals surface area contributed by atoms with Gasteiger partial charge in [0.25, 0.3) is 0 Å². The number of fused-ring (bicyclic) bond motifs is 1. The smallest absolute Gasteiger partial charge is 0.237 e. The minimum absolute atomic E-state index is 0.250. The van der Waals surface area contributed by atoms with Gasteiger partial charge in [0.05, 0.1) is 31.8 Å². The average molecular weight is 421 g/mol. The predicted molar refractivity (Wildman–Crippen MR) is 116 cm³/mol. The Labute approximate surface area is 181 Å². The summed E-state index contributed by atoms with van der Waals surface area (Å²) in [6.07, 6.45) is 6.07. The standard InChI is InChI=1S/C23H40N4O3/c1-18-13-19(2)15-26(14-18)22(28)16-24-7-9-25(10-8-24)17-23(29)27-11-12-30-21-6-4-3-5-20(21)27/h18-21H,3-17H2,1-2H3. The summed E-state index contributed by atoms with van der Waals surface area (Å²) in [5.74, 6) is 1.74. The van der Waals surface area contributed by atoms with Gasteiger partial charge in [0.15, 0.2) is 0 Å². The second-order valence-electron chi connectivity index (χ2n) is 10.1. The molecule has 2 amide bonds. The number of piperidine rings is 1. The largest absolute Gasteiger partial charge is 0.374 e. The van der Waals surface area contributed by atoms with Crippen LogP contribution < -0.4 is 0 Å². The Balaban J connectivity index is 1.21. The van der Waals surface area contributed by atoms with Gasteiger partial charge in [-0.1, -0.05) is 26.7 Å². The van der Waals surface area contributed by atoms with Crippen LogP contribution in [-0.4, -0.2) is 109 Å². The first-order chi connectivity index (χ1) is 14.5. The van der Waals surface area contributed by atoms with Crippen molar-refractivity contribution in [3.05, 3.63) is 0 Å². The fourth-order valence-electron chi connectivity index (χ4n) is 5.95. The van der Waals surface area contributed by atoms with E-state index in [4.69, 9.17) is 4.74 Å². The number of hydrogen-bond donors (Lipinski definition) is 0. The van der Waals surface area contributed by atoms with Gasteiger partial charge in [-0.05, 0) is 31.1 Å². The van der Waals surface area contributed by atoms with Crippen LogP contribution in [0.1, 0.15) is 46.0 Å². The summed E-state index contributed by atoms with van der Waals surface area (Å²) >= 11 is 0. The maximum Gasteiger partial charge on any atom is 0.237 e. The second-order valence-corrected chi connectivity index (χ2v) is 10.1. The Morgan fingerprint density at radius 1 is 0.833 bits per heavy atom. The number of rotatable bonds is 4. The first-order valence-corrected chi connectivity index (χ1v) is 12.1. The van der Waals surface area contributed by atoms with Crippen molar-refractivity contribution in [2.75, 3.05) is 65.5 Å². The molecule has 4 atom stereocenters. The highest BCUT2D eigenvalue weighted by molar-refractivity contribution is 5.79. The van der Waals surface area contributed by atoms with Crippen LogP contribution in [-0.2, 0) is 14.3 Å². The molecule has 4 unspecified atom stereocenters. The molecule has 30 heavy (non-hydrogen) atoms. The van der Waals surface area contributed by atoms with Gasteiger partial charge in [-0.2, -0.15) is 0 Å². The SMILES string of the molecule is CC1CC(C)CN(C(=O)CN2CCN(CC(=O)N3CCOC4CCCCC43)CC2)C1. The van der Waals surface area contributed by atoms with Gasteiger partial charge in [0.2, 0.25) is 11.8 Å². The van der Waals surface area contributed by atoms with Crippen LogP contribution >= 0.6 is 0 Å². The van der Waals surface area contributed by atoms with Crippen LogP contribution in [0.4, 0.5) is 0 Å². The van der Waals surface area contributed by atoms with Crippen LogP contribution in [0.2, 0.25) is 0 Å². The summed E-state index contributed by atoms with van der Waals surface area (Å²) in [5, 5.41) is 0. The van der Waals surface area contributed by atoms with E-state index in [-0.39, 0.29) is 24.0 Å². The van der Waals surface area contributed by atoms with E-state index in [9.17, 15) is 9.59 Å². The van der Waals surface area contributed by atoms with Gasteiger partial charge >= 0.3 is 0 Å². The molecule has 1 aliphatic carbocycles. The molecule has 7 nitrogen and oxygen atoms in total. The summed E-state index contributed by atoms with van der Waals surface area (Å²) < 4.78 is 5.92. The van der Waals surface area contributed by atoms with E-state index in [1.807, 2.05) is 0 Å². The normalized spacial score (nSPS) is 33.9. The second kappa shape index (κ2) is 9.96. The predicted octanol–water partition coefficient (Wildman–Crippen LogP) is 1.28. The number of hydrogen-bond acceptors (Lipinski definition) is 5. The van der Waals surface area contributed by atoms with Crippen molar-refractivity contribution in [3.8, 4) is 0 Å². The molecular formula is C23H40N4O3. The number of nitrogens with zero attached hydrogens (tertiary/aromatic N) is 4. The highest BCUT2D eigenvalue weighted by atomic mass is 16.5. The molecule has 1 saturated carbocycles. The third-order valence-electron chi connectivity index (χ3n) is 7.46. The highest BCUT2D eigenvalue weighted by Crippen LogP contribution is 2.28. The average Bonchev–Trinajstić information content (AvgIpc) is 2.74. The number of likely N-dealkylation sites (tertiary alicyclic amines) is 1. The van der Waals surface area contributed by atoms with Crippen LogP contribution in [0.15, 0.2) is 0 Å². The highest BCUT2D eigenvalue weighted by Gasteiger charge is 2.37. The van der Waals surface area contributed by atoms with Crippen LogP contribution in [0.25, 0.3) is 0 Å². The van der Waals surface area contributed by atoms with Crippen molar-refractivity contribution in [1.29, 1.82) is 0 Å². The van der Waals surface area contributed by atoms with Crippen LogP contribution in [0.3, 0.4) is 0 Å². The first-order valence-electron chi connectivity index (χ1n) is 12.1. The third kappa shape index (κ3) is 5.35. The zero-order chi connectivity index (χ0) is 21.1. The number of carbonyl (C=O) groups is 2. The first kappa shape index (κ1) is 22.0.